The van der Waals surface area contributed by atoms with E-state index >= 15 is 0 Å². The van der Waals surface area contributed by atoms with E-state index in [-0.39, 0.29) is 0 Å². The molecule has 0 unspecified atom stereocenters. The molecule has 0 fully saturated rings. The number of hydrogen-bond acceptors (Lipinski definition) is 2. The van der Waals surface area contributed by atoms with E-state index < -0.39 is 0 Å². The second-order valence-corrected chi connectivity index (χ2v) is 2.95. The van der Waals surface area contributed by atoms with E-state index in [0.29, 0.717) is 5.15 Å². The van der Waals surface area contributed by atoms with E-state index in [1.165, 1.54) is 0 Å². The smallest absolute Gasteiger partial charge is 0.129 e. The fourth-order valence-corrected chi connectivity index (χ4v) is 1.27. The van der Waals surface area contributed by atoms with E-state index in [1.807, 2.05) is 12.1 Å². The van der Waals surface area contributed by atoms with Gasteiger partial charge in [-0.15, -0.1) is 0 Å². The highest BCUT2D eigenvalue weighted by molar-refractivity contribution is 14.1. The molecular weight excluding hydrogens is 262 g/mol. The first-order valence-electron chi connectivity index (χ1n) is 2.77. The predicted molar refractivity (Wildman–Crippen MR) is 50.1 cm³/mol. The number of nitrogens with one attached hydrogen (secondary N) is 1. The lowest BCUT2D eigenvalue weighted by Crippen LogP contribution is -1.96. The number of hydrogen-bond donors (Lipinski definition) is 1. The number of rotatable bonds is 2. The minimum Gasteiger partial charge on any atom is -0.257 e. The van der Waals surface area contributed by atoms with Crippen LogP contribution in [0.2, 0.25) is 5.15 Å². The first kappa shape index (κ1) is 8.23. The first-order valence-corrected chi connectivity index (χ1v) is 4.22. The fraction of sp³-hybridized carbons (Fsp3) is 0.167. The molecule has 1 aromatic rings. The Hall–Kier alpha value is 0.130. The largest absolute Gasteiger partial charge is 0.257 e. The van der Waals surface area contributed by atoms with Crippen LogP contribution >= 0.6 is 34.5 Å². The fourth-order valence-electron chi connectivity index (χ4n) is 0.630. The van der Waals surface area contributed by atoms with Gasteiger partial charge in [-0.2, -0.15) is 0 Å². The maximum atomic E-state index is 5.64. The minimum absolute atomic E-state index is 0.546. The number of aromatic nitrogens is 1. The van der Waals surface area contributed by atoms with Crippen LogP contribution in [0, 0.1) is 0 Å². The van der Waals surface area contributed by atoms with Gasteiger partial charge in [-0.3, -0.25) is 3.53 Å². The van der Waals surface area contributed by atoms with E-state index in [0.717, 1.165) is 12.1 Å². The van der Waals surface area contributed by atoms with Crippen LogP contribution in [-0.2, 0) is 6.54 Å². The van der Waals surface area contributed by atoms with Crippen molar-refractivity contribution in [2.24, 2.45) is 0 Å². The summed E-state index contributed by atoms with van der Waals surface area (Å²) in [7, 11) is 0. The second-order valence-electron chi connectivity index (χ2n) is 1.80. The Kier molecular flexibility index (Phi) is 3.37. The molecule has 0 radical (unpaired) electrons. The molecule has 0 aliphatic carbocycles. The molecule has 0 atom stereocenters. The highest BCUT2D eigenvalue weighted by Crippen LogP contribution is 2.06. The third-order valence-corrected chi connectivity index (χ3v) is 1.65. The highest BCUT2D eigenvalue weighted by Gasteiger charge is 1.91. The molecule has 1 N–H and O–H groups in total. The van der Waals surface area contributed by atoms with Crippen molar-refractivity contribution in [2.45, 2.75) is 6.54 Å². The Bertz CT molecular complexity index is 217. The Balaban J connectivity index is 2.75. The molecule has 4 heteroatoms. The van der Waals surface area contributed by atoms with E-state index in [4.69, 9.17) is 11.6 Å². The van der Waals surface area contributed by atoms with E-state index in [1.54, 1.807) is 6.20 Å². The van der Waals surface area contributed by atoms with Gasteiger partial charge in [0.15, 0.2) is 0 Å². The van der Waals surface area contributed by atoms with Gasteiger partial charge < -0.3 is 0 Å². The number of nitrogens with zero attached hydrogens (tertiary/aromatic N) is 1. The summed E-state index contributed by atoms with van der Waals surface area (Å²) in [4.78, 5) is 3.86. The standard InChI is InChI=1S/C6H6ClIN2/c7-6-3-5(4-10-8)1-2-9-6/h1-3,10H,4H2. The van der Waals surface area contributed by atoms with Crippen molar-refractivity contribution < 1.29 is 0 Å². The Morgan fingerprint density at radius 3 is 3.10 bits per heavy atom. The van der Waals surface area contributed by atoms with Gasteiger partial charge in [-0.1, -0.05) is 11.6 Å². The van der Waals surface area contributed by atoms with Crippen molar-refractivity contribution in [2.75, 3.05) is 0 Å². The molecular formula is C6H6ClIN2. The maximum absolute atomic E-state index is 5.64. The van der Waals surface area contributed by atoms with Gasteiger partial charge in [0.2, 0.25) is 0 Å². The molecule has 0 bridgehead atoms. The normalized spacial score (nSPS) is 9.80. The molecule has 2 nitrogen and oxygen atoms in total. The average Bonchev–Trinajstić information content (AvgIpc) is 1.88. The minimum atomic E-state index is 0.546. The van der Waals surface area contributed by atoms with E-state index in [9.17, 15) is 0 Å². The summed E-state index contributed by atoms with van der Waals surface area (Å²) >= 11 is 7.73. The molecule has 0 aromatic carbocycles. The van der Waals surface area contributed by atoms with Crippen molar-refractivity contribution >= 4 is 34.5 Å². The predicted octanol–water partition coefficient (Wildman–Crippen LogP) is 2.17. The number of halogens is 2. The lowest BCUT2D eigenvalue weighted by atomic mass is 10.3. The van der Waals surface area contributed by atoms with Crippen molar-refractivity contribution in [1.29, 1.82) is 0 Å². The highest BCUT2D eigenvalue weighted by atomic mass is 127. The van der Waals surface area contributed by atoms with Crippen LogP contribution in [0.3, 0.4) is 0 Å². The Morgan fingerprint density at radius 1 is 1.70 bits per heavy atom. The summed E-state index contributed by atoms with van der Waals surface area (Å²) in [5.41, 5.74) is 1.15. The molecule has 0 spiro atoms. The Morgan fingerprint density at radius 2 is 2.50 bits per heavy atom. The van der Waals surface area contributed by atoms with Crippen molar-refractivity contribution in [3.63, 3.8) is 0 Å². The van der Waals surface area contributed by atoms with Crippen LogP contribution in [0.5, 0.6) is 0 Å². The van der Waals surface area contributed by atoms with Crippen molar-refractivity contribution in [3.8, 4) is 0 Å². The van der Waals surface area contributed by atoms with Crippen molar-refractivity contribution in [3.05, 3.63) is 29.0 Å². The zero-order chi connectivity index (χ0) is 7.40. The summed E-state index contributed by atoms with van der Waals surface area (Å²) in [5.74, 6) is 0. The van der Waals surface area contributed by atoms with E-state index in [2.05, 4.69) is 31.4 Å². The monoisotopic (exact) mass is 268 g/mol. The molecule has 0 amide bonds. The van der Waals surface area contributed by atoms with Crippen LogP contribution in [-0.4, -0.2) is 4.98 Å². The molecule has 10 heavy (non-hydrogen) atoms. The second kappa shape index (κ2) is 4.10. The maximum Gasteiger partial charge on any atom is 0.129 e. The summed E-state index contributed by atoms with van der Waals surface area (Å²) in [5, 5.41) is 0.546. The topological polar surface area (TPSA) is 24.9 Å². The molecule has 0 saturated carbocycles. The lowest BCUT2D eigenvalue weighted by Gasteiger charge is -1.96. The average molecular weight is 268 g/mol. The van der Waals surface area contributed by atoms with Crippen LogP contribution in [0.25, 0.3) is 0 Å². The first-order chi connectivity index (χ1) is 4.83. The van der Waals surface area contributed by atoms with Gasteiger partial charge in [0.05, 0.1) is 0 Å². The van der Waals surface area contributed by atoms with Gasteiger partial charge in [0.1, 0.15) is 5.15 Å². The lowest BCUT2D eigenvalue weighted by molar-refractivity contribution is 1.01. The Labute approximate surface area is 78.5 Å². The van der Waals surface area contributed by atoms with Gasteiger partial charge in [-0.25, -0.2) is 4.98 Å². The van der Waals surface area contributed by atoms with Gasteiger partial charge >= 0.3 is 0 Å². The molecule has 0 aliphatic heterocycles. The zero-order valence-corrected chi connectivity index (χ0v) is 8.06. The third-order valence-electron chi connectivity index (χ3n) is 1.06. The molecule has 54 valence electrons. The molecule has 0 saturated heterocycles. The van der Waals surface area contributed by atoms with Crippen LogP contribution in [0.1, 0.15) is 5.56 Å². The summed E-state index contributed by atoms with van der Waals surface area (Å²) in [6, 6.07) is 3.77. The molecule has 1 heterocycles. The molecule has 1 aromatic heterocycles. The van der Waals surface area contributed by atoms with Gasteiger partial charge in [0, 0.05) is 35.6 Å². The summed E-state index contributed by atoms with van der Waals surface area (Å²) < 4.78 is 2.99. The summed E-state index contributed by atoms with van der Waals surface area (Å²) in [6.45, 7) is 0.822. The zero-order valence-electron chi connectivity index (χ0n) is 5.14. The third kappa shape index (κ3) is 2.40. The quantitative estimate of drug-likeness (QED) is 0.505. The van der Waals surface area contributed by atoms with Crippen molar-refractivity contribution in [1.82, 2.24) is 8.51 Å². The van der Waals surface area contributed by atoms with Crippen LogP contribution < -0.4 is 3.53 Å². The van der Waals surface area contributed by atoms with Crippen LogP contribution in [0.4, 0.5) is 0 Å². The molecule has 1 rings (SSSR count). The molecule has 0 aliphatic rings. The van der Waals surface area contributed by atoms with Gasteiger partial charge in [-0.05, 0) is 17.7 Å². The van der Waals surface area contributed by atoms with Gasteiger partial charge in [0.25, 0.3) is 0 Å². The van der Waals surface area contributed by atoms with Crippen LogP contribution in [0.15, 0.2) is 18.3 Å². The number of pyridine rings is 1. The SMILES string of the molecule is Clc1cc(CNI)ccn1. The summed E-state index contributed by atoms with van der Waals surface area (Å²) in [6.07, 6.45) is 1.70.